The number of nitrogens with zero attached hydrogens (tertiary/aromatic N) is 1. The van der Waals surface area contributed by atoms with Crippen molar-refractivity contribution in [1.29, 1.82) is 0 Å². The van der Waals surface area contributed by atoms with Crippen molar-refractivity contribution in [1.82, 2.24) is 4.90 Å². The van der Waals surface area contributed by atoms with Crippen LogP contribution in [0.3, 0.4) is 0 Å². The van der Waals surface area contributed by atoms with Crippen LogP contribution in [0.4, 0.5) is 0 Å². The maximum absolute atomic E-state index is 11.4. The van der Waals surface area contributed by atoms with Crippen LogP contribution in [-0.2, 0) is 9.84 Å². The van der Waals surface area contributed by atoms with Gasteiger partial charge in [0.25, 0.3) is 0 Å². The molecule has 2 atom stereocenters. The van der Waals surface area contributed by atoms with Gasteiger partial charge in [0, 0.05) is 18.6 Å². The predicted octanol–water partition coefficient (Wildman–Crippen LogP) is 0.761. The minimum atomic E-state index is -2.70. The normalized spacial score (nSPS) is 37.4. The van der Waals surface area contributed by atoms with Crippen LogP contribution in [-0.4, -0.2) is 43.5 Å². The van der Waals surface area contributed by atoms with Crippen LogP contribution in [0.2, 0.25) is 0 Å². The Morgan fingerprint density at radius 1 is 1.07 bits per heavy atom. The summed E-state index contributed by atoms with van der Waals surface area (Å²) in [6.07, 6.45) is 0. The molecular weight excluding hydrogens is 198 g/mol. The van der Waals surface area contributed by atoms with Crippen LogP contribution in [0, 0.1) is 11.8 Å². The molecule has 2 rings (SSSR count). The summed E-state index contributed by atoms with van der Waals surface area (Å²) in [6, 6.07) is 0. The zero-order valence-electron chi connectivity index (χ0n) is 9.16. The van der Waals surface area contributed by atoms with Crippen molar-refractivity contribution in [2.45, 2.75) is 26.3 Å². The van der Waals surface area contributed by atoms with Gasteiger partial charge in [-0.15, -0.1) is 0 Å². The lowest BCUT2D eigenvalue weighted by Gasteiger charge is -2.32. The Balaban J connectivity index is 2.07. The topological polar surface area (TPSA) is 37.4 Å². The predicted molar refractivity (Wildman–Crippen MR) is 57.0 cm³/mol. The highest BCUT2D eigenvalue weighted by Gasteiger charge is 2.45. The summed E-state index contributed by atoms with van der Waals surface area (Å²) in [5.74, 6) is 1.65. The van der Waals surface area contributed by atoms with E-state index in [-0.39, 0.29) is 5.54 Å². The quantitative estimate of drug-likeness (QED) is 0.601. The monoisotopic (exact) mass is 217 g/mol. The van der Waals surface area contributed by atoms with Gasteiger partial charge in [-0.05, 0) is 32.6 Å². The Bertz CT molecular complexity index is 309. The zero-order chi connectivity index (χ0) is 10.6. The van der Waals surface area contributed by atoms with E-state index in [1.165, 1.54) is 0 Å². The van der Waals surface area contributed by atoms with E-state index in [4.69, 9.17) is 0 Å². The lowest BCUT2D eigenvalue weighted by atomic mass is 10.0. The van der Waals surface area contributed by atoms with E-state index in [1.54, 1.807) is 0 Å². The number of hydrogen-bond acceptors (Lipinski definition) is 3. The summed E-state index contributed by atoms with van der Waals surface area (Å²) in [6.45, 7) is 8.52. The standard InChI is InChI=1S/C10H19NO2S/c1-10(2,3)11-4-8-6-14(12,13)7-9(8)5-11/h8-9H,4-7H2,1-3H3. The molecule has 0 aliphatic carbocycles. The molecule has 0 aromatic rings. The van der Waals surface area contributed by atoms with Gasteiger partial charge in [0.2, 0.25) is 0 Å². The maximum atomic E-state index is 11.4. The molecule has 2 saturated heterocycles. The molecule has 0 radical (unpaired) electrons. The lowest BCUT2D eigenvalue weighted by Crippen LogP contribution is -2.40. The Morgan fingerprint density at radius 2 is 1.50 bits per heavy atom. The third kappa shape index (κ3) is 1.82. The molecule has 2 unspecified atom stereocenters. The lowest BCUT2D eigenvalue weighted by molar-refractivity contribution is 0.166. The Hall–Kier alpha value is -0.0900. The van der Waals surface area contributed by atoms with Gasteiger partial charge in [0.05, 0.1) is 11.5 Å². The molecule has 0 spiro atoms. The van der Waals surface area contributed by atoms with E-state index in [0.29, 0.717) is 23.3 Å². The largest absolute Gasteiger partial charge is 0.298 e. The zero-order valence-corrected chi connectivity index (χ0v) is 9.97. The van der Waals surface area contributed by atoms with E-state index in [0.717, 1.165) is 13.1 Å². The Kier molecular flexibility index (Phi) is 2.20. The molecule has 0 aromatic heterocycles. The van der Waals surface area contributed by atoms with Gasteiger partial charge < -0.3 is 0 Å². The highest BCUT2D eigenvalue weighted by Crippen LogP contribution is 2.35. The molecule has 82 valence electrons. The molecule has 4 heteroatoms. The van der Waals surface area contributed by atoms with Crippen LogP contribution in [0.15, 0.2) is 0 Å². The molecule has 0 N–H and O–H groups in total. The number of rotatable bonds is 0. The van der Waals surface area contributed by atoms with E-state index in [2.05, 4.69) is 25.7 Å². The number of hydrogen-bond donors (Lipinski definition) is 0. The second-order valence-corrected chi connectivity index (χ2v) is 7.83. The Morgan fingerprint density at radius 3 is 1.86 bits per heavy atom. The minimum Gasteiger partial charge on any atom is -0.298 e. The van der Waals surface area contributed by atoms with Gasteiger partial charge in [-0.25, -0.2) is 8.42 Å². The fraction of sp³-hybridized carbons (Fsp3) is 1.00. The molecule has 0 amide bonds. The first-order chi connectivity index (χ1) is 6.28. The Labute approximate surface area is 86.4 Å². The fourth-order valence-corrected chi connectivity index (χ4v) is 4.78. The number of sulfone groups is 1. The van der Waals surface area contributed by atoms with Gasteiger partial charge >= 0.3 is 0 Å². The molecule has 0 saturated carbocycles. The smallest absolute Gasteiger partial charge is 0.150 e. The van der Waals surface area contributed by atoms with E-state index < -0.39 is 9.84 Å². The van der Waals surface area contributed by atoms with E-state index >= 15 is 0 Å². The van der Waals surface area contributed by atoms with Gasteiger partial charge in [-0.2, -0.15) is 0 Å². The van der Waals surface area contributed by atoms with E-state index in [1.807, 2.05) is 0 Å². The van der Waals surface area contributed by atoms with Crippen molar-refractivity contribution < 1.29 is 8.42 Å². The van der Waals surface area contributed by atoms with Crippen molar-refractivity contribution in [3.05, 3.63) is 0 Å². The third-order valence-electron chi connectivity index (χ3n) is 3.46. The fourth-order valence-electron chi connectivity index (χ4n) is 2.58. The van der Waals surface area contributed by atoms with Gasteiger partial charge in [0.15, 0.2) is 9.84 Å². The van der Waals surface area contributed by atoms with Gasteiger partial charge in [-0.1, -0.05) is 0 Å². The summed E-state index contributed by atoms with van der Waals surface area (Å²) in [5, 5.41) is 0. The SMILES string of the molecule is CC(C)(C)N1CC2CS(=O)(=O)CC2C1. The molecule has 0 bridgehead atoms. The van der Waals surface area contributed by atoms with Crippen molar-refractivity contribution >= 4 is 9.84 Å². The van der Waals surface area contributed by atoms with Gasteiger partial charge in [0.1, 0.15) is 0 Å². The van der Waals surface area contributed by atoms with Crippen molar-refractivity contribution in [2.75, 3.05) is 24.6 Å². The summed E-state index contributed by atoms with van der Waals surface area (Å²) in [7, 11) is -2.70. The highest BCUT2D eigenvalue weighted by atomic mass is 32.2. The summed E-state index contributed by atoms with van der Waals surface area (Å²) >= 11 is 0. The second kappa shape index (κ2) is 2.95. The molecular formula is C10H19NO2S. The molecule has 0 aromatic carbocycles. The maximum Gasteiger partial charge on any atom is 0.150 e. The first-order valence-electron chi connectivity index (χ1n) is 5.23. The van der Waals surface area contributed by atoms with Crippen LogP contribution in [0.1, 0.15) is 20.8 Å². The third-order valence-corrected chi connectivity index (χ3v) is 5.33. The highest BCUT2D eigenvalue weighted by molar-refractivity contribution is 7.91. The molecule has 2 aliphatic heterocycles. The molecule has 2 fully saturated rings. The molecule has 3 nitrogen and oxygen atoms in total. The average molecular weight is 217 g/mol. The van der Waals surface area contributed by atoms with Crippen LogP contribution < -0.4 is 0 Å². The molecule has 2 heterocycles. The van der Waals surface area contributed by atoms with Crippen molar-refractivity contribution in [3.63, 3.8) is 0 Å². The van der Waals surface area contributed by atoms with Crippen molar-refractivity contribution in [2.24, 2.45) is 11.8 Å². The van der Waals surface area contributed by atoms with Crippen molar-refractivity contribution in [3.8, 4) is 0 Å². The van der Waals surface area contributed by atoms with Gasteiger partial charge in [-0.3, -0.25) is 4.90 Å². The van der Waals surface area contributed by atoms with Crippen LogP contribution >= 0.6 is 0 Å². The minimum absolute atomic E-state index is 0.189. The number of likely N-dealkylation sites (tertiary alicyclic amines) is 1. The summed E-state index contributed by atoms with van der Waals surface area (Å²) < 4.78 is 22.8. The average Bonchev–Trinajstić information content (AvgIpc) is 2.37. The summed E-state index contributed by atoms with van der Waals surface area (Å²) in [5.41, 5.74) is 0.189. The molecule has 14 heavy (non-hydrogen) atoms. The summed E-state index contributed by atoms with van der Waals surface area (Å²) in [4.78, 5) is 2.41. The van der Waals surface area contributed by atoms with Crippen LogP contribution in [0.25, 0.3) is 0 Å². The second-order valence-electron chi connectivity index (χ2n) is 5.67. The van der Waals surface area contributed by atoms with Crippen LogP contribution in [0.5, 0.6) is 0 Å². The first kappa shape index (κ1) is 10.4. The van der Waals surface area contributed by atoms with E-state index in [9.17, 15) is 8.42 Å². The number of fused-ring (bicyclic) bond motifs is 1. The first-order valence-corrected chi connectivity index (χ1v) is 7.05. The molecule has 2 aliphatic rings.